The summed E-state index contributed by atoms with van der Waals surface area (Å²) < 4.78 is 1.95. The van der Waals surface area contributed by atoms with Crippen LogP contribution in [0.25, 0.3) is 0 Å². The highest BCUT2D eigenvalue weighted by Gasteiger charge is 2.25. The summed E-state index contributed by atoms with van der Waals surface area (Å²) in [5, 5.41) is 0. The van der Waals surface area contributed by atoms with Gasteiger partial charge in [0.15, 0.2) is 0 Å². The van der Waals surface area contributed by atoms with E-state index in [1.165, 1.54) is 25.7 Å². The van der Waals surface area contributed by atoms with Crippen LogP contribution < -0.4 is 11.5 Å². The molecule has 0 heterocycles. The second kappa shape index (κ2) is 6.41. The predicted molar refractivity (Wildman–Crippen MR) is 82.4 cm³/mol. The molecular weight excluding hydrogens is 367 g/mol. The standard InChI is InChI=1S/C12H16Br2N2.ClH/c13-8-5-9(12(16)10(14)6-8)11(15)7-3-1-2-4-7;/h5-7,11H,1-4,15-16H2;1H/t11-;/m1./s1. The third-order valence-corrected chi connectivity index (χ3v) is 4.51. The van der Waals surface area contributed by atoms with Gasteiger partial charge >= 0.3 is 0 Å². The molecule has 2 nitrogen and oxygen atoms in total. The number of nitrogen functional groups attached to an aromatic ring is 1. The van der Waals surface area contributed by atoms with E-state index in [-0.39, 0.29) is 18.4 Å². The van der Waals surface area contributed by atoms with Gasteiger partial charge in [-0.25, -0.2) is 0 Å². The molecule has 1 saturated carbocycles. The number of halogens is 3. The van der Waals surface area contributed by atoms with E-state index in [0.29, 0.717) is 5.92 Å². The van der Waals surface area contributed by atoms with Gasteiger partial charge in [0.25, 0.3) is 0 Å². The minimum absolute atomic E-state index is 0. The van der Waals surface area contributed by atoms with Gasteiger partial charge in [0.05, 0.1) is 5.69 Å². The van der Waals surface area contributed by atoms with E-state index in [0.717, 1.165) is 20.2 Å². The van der Waals surface area contributed by atoms with Crippen LogP contribution in [0.3, 0.4) is 0 Å². The fourth-order valence-corrected chi connectivity index (χ4v) is 3.71. The Hall–Kier alpha value is 0.230. The van der Waals surface area contributed by atoms with Crippen LogP contribution in [0.4, 0.5) is 5.69 Å². The van der Waals surface area contributed by atoms with Crippen molar-refractivity contribution in [3.05, 3.63) is 26.6 Å². The second-order valence-electron chi connectivity index (χ2n) is 4.46. The van der Waals surface area contributed by atoms with Gasteiger partial charge in [-0.3, -0.25) is 0 Å². The van der Waals surface area contributed by atoms with Gasteiger partial charge in [-0.2, -0.15) is 0 Å². The summed E-state index contributed by atoms with van der Waals surface area (Å²) in [5.74, 6) is 0.587. The molecule has 0 spiro atoms. The van der Waals surface area contributed by atoms with Crippen LogP contribution >= 0.6 is 44.3 Å². The quantitative estimate of drug-likeness (QED) is 0.742. The molecular formula is C12H17Br2ClN2. The molecule has 0 aromatic heterocycles. The lowest BCUT2D eigenvalue weighted by Crippen LogP contribution is -2.20. The lowest BCUT2D eigenvalue weighted by Gasteiger charge is -2.21. The van der Waals surface area contributed by atoms with Crippen LogP contribution in [0.1, 0.15) is 37.3 Å². The highest BCUT2D eigenvalue weighted by molar-refractivity contribution is 9.11. The monoisotopic (exact) mass is 382 g/mol. The largest absolute Gasteiger partial charge is 0.398 e. The van der Waals surface area contributed by atoms with Crippen molar-refractivity contribution in [2.24, 2.45) is 11.7 Å². The molecule has 1 aromatic rings. The molecule has 1 fully saturated rings. The molecule has 5 heteroatoms. The molecule has 1 aliphatic rings. The van der Waals surface area contributed by atoms with E-state index in [2.05, 4.69) is 31.9 Å². The molecule has 17 heavy (non-hydrogen) atoms. The second-order valence-corrected chi connectivity index (χ2v) is 6.23. The topological polar surface area (TPSA) is 52.0 Å². The Balaban J connectivity index is 0.00000144. The highest BCUT2D eigenvalue weighted by Crippen LogP contribution is 2.39. The molecule has 1 aromatic carbocycles. The fraction of sp³-hybridized carbons (Fsp3) is 0.500. The third kappa shape index (κ3) is 3.37. The van der Waals surface area contributed by atoms with Crippen molar-refractivity contribution in [3.63, 3.8) is 0 Å². The normalized spacial score (nSPS) is 17.8. The number of anilines is 1. The van der Waals surface area contributed by atoms with Gasteiger partial charge < -0.3 is 11.5 Å². The van der Waals surface area contributed by atoms with Crippen molar-refractivity contribution in [3.8, 4) is 0 Å². The smallest absolute Gasteiger partial charge is 0.0507 e. The summed E-state index contributed by atoms with van der Waals surface area (Å²) in [6.45, 7) is 0. The molecule has 1 atom stereocenters. The minimum atomic E-state index is 0. The summed E-state index contributed by atoms with van der Waals surface area (Å²) in [4.78, 5) is 0. The zero-order valence-corrected chi connectivity index (χ0v) is 13.4. The van der Waals surface area contributed by atoms with E-state index in [4.69, 9.17) is 11.5 Å². The Morgan fingerprint density at radius 3 is 2.35 bits per heavy atom. The molecule has 0 amide bonds. The Morgan fingerprint density at radius 1 is 1.18 bits per heavy atom. The summed E-state index contributed by atoms with van der Waals surface area (Å²) in [6.07, 6.45) is 5.05. The molecule has 0 unspecified atom stereocenters. The Bertz CT molecular complexity index is 392. The maximum absolute atomic E-state index is 6.32. The van der Waals surface area contributed by atoms with Gasteiger partial charge in [-0.1, -0.05) is 28.8 Å². The molecule has 0 bridgehead atoms. The zero-order chi connectivity index (χ0) is 11.7. The van der Waals surface area contributed by atoms with Gasteiger partial charge in [0, 0.05) is 15.0 Å². The van der Waals surface area contributed by atoms with Crippen LogP contribution in [0, 0.1) is 5.92 Å². The number of benzene rings is 1. The number of nitrogens with two attached hydrogens (primary N) is 2. The molecule has 0 aliphatic heterocycles. The van der Waals surface area contributed by atoms with Gasteiger partial charge in [0.2, 0.25) is 0 Å². The van der Waals surface area contributed by atoms with Gasteiger partial charge in [-0.05, 0) is 52.4 Å². The summed E-state index contributed by atoms with van der Waals surface area (Å²) in [7, 11) is 0. The summed E-state index contributed by atoms with van der Waals surface area (Å²) >= 11 is 6.95. The Labute approximate surface area is 125 Å². The zero-order valence-electron chi connectivity index (χ0n) is 9.46. The maximum Gasteiger partial charge on any atom is 0.0507 e. The fourth-order valence-electron chi connectivity index (χ4n) is 2.45. The average Bonchev–Trinajstić information content (AvgIpc) is 2.75. The Kier molecular flexibility index (Phi) is 5.77. The van der Waals surface area contributed by atoms with Crippen molar-refractivity contribution < 1.29 is 0 Å². The lowest BCUT2D eigenvalue weighted by molar-refractivity contribution is 0.445. The lowest BCUT2D eigenvalue weighted by atomic mass is 9.91. The first-order valence-corrected chi connectivity index (χ1v) is 7.18. The van der Waals surface area contributed by atoms with E-state index in [1.807, 2.05) is 12.1 Å². The number of hydrogen-bond donors (Lipinski definition) is 2. The van der Waals surface area contributed by atoms with Crippen LogP contribution in [0.15, 0.2) is 21.1 Å². The molecule has 0 radical (unpaired) electrons. The van der Waals surface area contributed by atoms with Gasteiger partial charge in [-0.15, -0.1) is 12.4 Å². The van der Waals surface area contributed by atoms with Crippen LogP contribution in [0.5, 0.6) is 0 Å². The Morgan fingerprint density at radius 2 is 1.76 bits per heavy atom. The minimum Gasteiger partial charge on any atom is -0.398 e. The van der Waals surface area contributed by atoms with Crippen molar-refractivity contribution in [2.45, 2.75) is 31.7 Å². The van der Waals surface area contributed by atoms with Crippen LogP contribution in [0.2, 0.25) is 0 Å². The van der Waals surface area contributed by atoms with Crippen molar-refractivity contribution in [2.75, 3.05) is 5.73 Å². The summed E-state index contributed by atoms with van der Waals surface area (Å²) in [6, 6.07) is 4.07. The van der Waals surface area contributed by atoms with Crippen LogP contribution in [-0.4, -0.2) is 0 Å². The van der Waals surface area contributed by atoms with Crippen LogP contribution in [-0.2, 0) is 0 Å². The van der Waals surface area contributed by atoms with Gasteiger partial charge in [0.1, 0.15) is 0 Å². The number of hydrogen-bond acceptors (Lipinski definition) is 2. The van der Waals surface area contributed by atoms with E-state index >= 15 is 0 Å². The first-order valence-electron chi connectivity index (χ1n) is 5.59. The molecule has 1 aliphatic carbocycles. The summed E-state index contributed by atoms with van der Waals surface area (Å²) in [5.41, 5.74) is 14.2. The molecule has 4 N–H and O–H groups in total. The van der Waals surface area contributed by atoms with E-state index < -0.39 is 0 Å². The first-order chi connectivity index (χ1) is 7.59. The number of rotatable bonds is 2. The molecule has 2 rings (SSSR count). The average molecular weight is 385 g/mol. The van der Waals surface area contributed by atoms with Crippen molar-refractivity contribution in [1.82, 2.24) is 0 Å². The maximum atomic E-state index is 6.32. The van der Waals surface area contributed by atoms with E-state index in [9.17, 15) is 0 Å². The van der Waals surface area contributed by atoms with Crippen molar-refractivity contribution >= 4 is 50.0 Å². The molecule has 0 saturated heterocycles. The SMILES string of the molecule is Cl.Nc1c(Br)cc(Br)cc1[C@H](N)C1CCCC1. The third-order valence-electron chi connectivity index (χ3n) is 3.39. The highest BCUT2D eigenvalue weighted by atomic mass is 79.9. The van der Waals surface area contributed by atoms with Crippen molar-refractivity contribution in [1.29, 1.82) is 0 Å². The first kappa shape index (κ1) is 15.3. The predicted octanol–water partition coefficient (Wildman–Crippen LogP) is 4.41. The van der Waals surface area contributed by atoms with E-state index in [1.54, 1.807) is 0 Å². The molecule has 96 valence electrons.